The summed E-state index contributed by atoms with van der Waals surface area (Å²) >= 11 is 0. The van der Waals surface area contributed by atoms with Gasteiger partial charge in [0.15, 0.2) is 0 Å². The number of halogens is 1. The highest BCUT2D eigenvalue weighted by atomic mass is 19.1. The van der Waals surface area contributed by atoms with E-state index in [2.05, 4.69) is 10.3 Å². The summed E-state index contributed by atoms with van der Waals surface area (Å²) in [6.07, 6.45) is 1.59. The zero-order chi connectivity index (χ0) is 14.5. The summed E-state index contributed by atoms with van der Waals surface area (Å²) in [6, 6.07) is 7.62. The molecule has 1 N–H and O–H groups in total. The van der Waals surface area contributed by atoms with Gasteiger partial charge >= 0.3 is 0 Å². The molecule has 2 rings (SSSR count). The second kappa shape index (κ2) is 6.14. The predicted molar refractivity (Wildman–Crippen MR) is 74.5 cm³/mol. The molecular formula is C15H15FN2O2. The van der Waals surface area contributed by atoms with Gasteiger partial charge in [0.05, 0.1) is 6.61 Å². The van der Waals surface area contributed by atoms with Crippen LogP contribution in [0.15, 0.2) is 36.5 Å². The molecule has 0 spiro atoms. The lowest BCUT2D eigenvalue weighted by molar-refractivity contribution is 0.102. The number of benzene rings is 1. The zero-order valence-electron chi connectivity index (χ0n) is 11.3. The van der Waals surface area contributed by atoms with E-state index in [1.54, 1.807) is 25.3 Å². The van der Waals surface area contributed by atoms with Gasteiger partial charge in [-0.2, -0.15) is 0 Å². The third kappa shape index (κ3) is 3.12. The Labute approximate surface area is 116 Å². The van der Waals surface area contributed by atoms with Crippen molar-refractivity contribution in [3.63, 3.8) is 0 Å². The molecule has 1 heterocycles. The minimum Gasteiger partial charge on any atom is -0.476 e. The fraction of sp³-hybridized carbons (Fsp3) is 0.200. The van der Waals surface area contributed by atoms with Crippen molar-refractivity contribution < 1.29 is 13.9 Å². The Morgan fingerprint density at radius 1 is 1.40 bits per heavy atom. The maximum atomic E-state index is 13.2. The molecule has 0 saturated heterocycles. The highest BCUT2D eigenvalue weighted by Crippen LogP contribution is 2.21. The Bertz CT molecular complexity index is 629. The van der Waals surface area contributed by atoms with E-state index in [-0.39, 0.29) is 11.7 Å². The van der Waals surface area contributed by atoms with Crippen LogP contribution in [0, 0.1) is 12.7 Å². The number of anilines is 1. The molecule has 0 bridgehead atoms. The summed E-state index contributed by atoms with van der Waals surface area (Å²) in [5.41, 5.74) is 1.30. The van der Waals surface area contributed by atoms with E-state index in [0.717, 1.165) is 0 Å². The van der Waals surface area contributed by atoms with Crippen molar-refractivity contribution in [2.45, 2.75) is 13.8 Å². The molecule has 0 aliphatic carbocycles. The van der Waals surface area contributed by atoms with Gasteiger partial charge < -0.3 is 10.1 Å². The van der Waals surface area contributed by atoms with E-state index in [4.69, 9.17) is 4.74 Å². The van der Waals surface area contributed by atoms with E-state index in [9.17, 15) is 9.18 Å². The molecule has 4 nitrogen and oxygen atoms in total. The van der Waals surface area contributed by atoms with Gasteiger partial charge in [0, 0.05) is 11.8 Å². The first-order valence-electron chi connectivity index (χ1n) is 6.27. The number of pyridine rings is 1. The van der Waals surface area contributed by atoms with Gasteiger partial charge in [-0.05, 0) is 49.7 Å². The van der Waals surface area contributed by atoms with Gasteiger partial charge in [0.25, 0.3) is 5.91 Å². The van der Waals surface area contributed by atoms with Gasteiger partial charge in [-0.25, -0.2) is 9.37 Å². The van der Waals surface area contributed by atoms with E-state index in [1.807, 2.05) is 6.92 Å². The molecule has 5 heteroatoms. The molecule has 1 amide bonds. The fourth-order valence-corrected chi connectivity index (χ4v) is 1.72. The topological polar surface area (TPSA) is 51.2 Å². The van der Waals surface area contributed by atoms with Crippen LogP contribution >= 0.6 is 0 Å². The first-order chi connectivity index (χ1) is 9.61. The van der Waals surface area contributed by atoms with Gasteiger partial charge in [-0.3, -0.25) is 4.79 Å². The standard InChI is InChI=1S/C15H15FN2O2/c1-3-20-15-13(5-4-8-17-15)18-14(19)11-6-7-12(16)10(2)9-11/h4-9H,3H2,1-2H3,(H,18,19). The molecule has 0 atom stereocenters. The monoisotopic (exact) mass is 274 g/mol. The maximum absolute atomic E-state index is 13.2. The highest BCUT2D eigenvalue weighted by Gasteiger charge is 2.11. The summed E-state index contributed by atoms with van der Waals surface area (Å²) in [5, 5.41) is 2.71. The number of carbonyl (C=O) groups excluding carboxylic acids is 1. The van der Waals surface area contributed by atoms with E-state index in [1.165, 1.54) is 18.2 Å². The number of aromatic nitrogens is 1. The molecule has 2 aromatic rings. The van der Waals surface area contributed by atoms with Crippen LogP contribution in [0.25, 0.3) is 0 Å². The zero-order valence-corrected chi connectivity index (χ0v) is 11.3. The lowest BCUT2D eigenvalue weighted by Crippen LogP contribution is -2.13. The number of hydrogen-bond donors (Lipinski definition) is 1. The lowest BCUT2D eigenvalue weighted by atomic mass is 10.1. The molecule has 0 aliphatic heterocycles. The summed E-state index contributed by atoms with van der Waals surface area (Å²) in [4.78, 5) is 16.2. The number of rotatable bonds is 4. The van der Waals surface area contributed by atoms with Gasteiger partial charge in [-0.1, -0.05) is 0 Å². The second-order valence-corrected chi connectivity index (χ2v) is 4.21. The Morgan fingerprint density at radius 3 is 2.90 bits per heavy atom. The molecule has 20 heavy (non-hydrogen) atoms. The molecule has 0 saturated carbocycles. The van der Waals surface area contributed by atoms with E-state index >= 15 is 0 Å². The Morgan fingerprint density at radius 2 is 2.20 bits per heavy atom. The predicted octanol–water partition coefficient (Wildman–Crippen LogP) is 3.18. The van der Waals surface area contributed by atoms with E-state index in [0.29, 0.717) is 29.3 Å². The number of nitrogens with zero attached hydrogens (tertiary/aromatic N) is 1. The van der Waals surface area contributed by atoms with Crippen LogP contribution in [0.1, 0.15) is 22.8 Å². The van der Waals surface area contributed by atoms with E-state index < -0.39 is 0 Å². The largest absolute Gasteiger partial charge is 0.476 e. The van der Waals surface area contributed by atoms with Crippen molar-refractivity contribution >= 4 is 11.6 Å². The van der Waals surface area contributed by atoms with Gasteiger partial charge in [-0.15, -0.1) is 0 Å². The summed E-state index contributed by atoms with van der Waals surface area (Å²) in [6.45, 7) is 3.90. The number of amides is 1. The Balaban J connectivity index is 2.21. The summed E-state index contributed by atoms with van der Waals surface area (Å²) < 4.78 is 18.5. The van der Waals surface area contributed by atoms with Crippen molar-refractivity contribution in [2.75, 3.05) is 11.9 Å². The summed E-state index contributed by atoms with van der Waals surface area (Å²) in [5.74, 6) is -0.304. The molecule has 0 unspecified atom stereocenters. The lowest BCUT2D eigenvalue weighted by Gasteiger charge is -2.10. The molecule has 1 aromatic carbocycles. The van der Waals surface area contributed by atoms with Gasteiger partial charge in [0.1, 0.15) is 11.5 Å². The number of hydrogen-bond acceptors (Lipinski definition) is 3. The fourth-order valence-electron chi connectivity index (χ4n) is 1.72. The van der Waals surface area contributed by atoms with Crippen molar-refractivity contribution in [1.29, 1.82) is 0 Å². The maximum Gasteiger partial charge on any atom is 0.255 e. The molecule has 0 fully saturated rings. The third-order valence-electron chi connectivity index (χ3n) is 2.72. The summed E-state index contributed by atoms with van der Waals surface area (Å²) in [7, 11) is 0. The van der Waals surface area contributed by atoms with Crippen LogP contribution in [0.4, 0.5) is 10.1 Å². The van der Waals surface area contributed by atoms with Crippen molar-refractivity contribution in [3.05, 3.63) is 53.5 Å². The van der Waals surface area contributed by atoms with Crippen LogP contribution in [0.3, 0.4) is 0 Å². The van der Waals surface area contributed by atoms with Crippen LogP contribution in [-0.2, 0) is 0 Å². The SMILES string of the molecule is CCOc1ncccc1NC(=O)c1ccc(F)c(C)c1. The molecular weight excluding hydrogens is 259 g/mol. The first kappa shape index (κ1) is 14.0. The number of nitrogens with one attached hydrogen (secondary N) is 1. The Kier molecular flexibility index (Phi) is 4.30. The Hall–Kier alpha value is -2.43. The third-order valence-corrected chi connectivity index (χ3v) is 2.72. The first-order valence-corrected chi connectivity index (χ1v) is 6.27. The minimum atomic E-state index is -0.335. The van der Waals surface area contributed by atoms with Crippen molar-refractivity contribution in [2.24, 2.45) is 0 Å². The van der Waals surface area contributed by atoms with Crippen LogP contribution < -0.4 is 10.1 Å². The van der Waals surface area contributed by atoms with Crippen LogP contribution in [-0.4, -0.2) is 17.5 Å². The number of aryl methyl sites for hydroxylation is 1. The number of carbonyl (C=O) groups is 1. The smallest absolute Gasteiger partial charge is 0.255 e. The minimum absolute atomic E-state index is 0.331. The van der Waals surface area contributed by atoms with Crippen molar-refractivity contribution in [1.82, 2.24) is 4.98 Å². The highest BCUT2D eigenvalue weighted by molar-refractivity contribution is 6.04. The normalized spacial score (nSPS) is 10.2. The number of ether oxygens (including phenoxy) is 1. The average Bonchev–Trinajstić information content (AvgIpc) is 2.44. The molecule has 1 aromatic heterocycles. The molecule has 104 valence electrons. The molecule has 0 aliphatic rings. The average molecular weight is 274 g/mol. The van der Waals surface area contributed by atoms with Gasteiger partial charge in [0.2, 0.25) is 5.88 Å². The van der Waals surface area contributed by atoms with Crippen molar-refractivity contribution in [3.8, 4) is 5.88 Å². The molecule has 0 radical (unpaired) electrons. The second-order valence-electron chi connectivity index (χ2n) is 4.21. The van der Waals surface area contributed by atoms with Crippen LogP contribution in [0.5, 0.6) is 5.88 Å². The van der Waals surface area contributed by atoms with Crippen LogP contribution in [0.2, 0.25) is 0 Å². The quantitative estimate of drug-likeness (QED) is 0.931.